The number of urea groups is 1. The lowest BCUT2D eigenvalue weighted by Crippen LogP contribution is -2.33. The van der Waals surface area contributed by atoms with E-state index >= 15 is 0 Å². The second-order valence-electron chi connectivity index (χ2n) is 4.50. The number of carbonyl (C=O) groups is 1. The molecular weight excluding hydrogens is 360 g/mol. The smallest absolute Gasteiger partial charge is 0.358 e. The first-order chi connectivity index (χ1) is 11.2. The van der Waals surface area contributed by atoms with Crippen LogP contribution in [0.4, 0.5) is 4.79 Å². The third-order valence-corrected chi connectivity index (χ3v) is 4.64. The van der Waals surface area contributed by atoms with Gasteiger partial charge in [-0.3, -0.25) is 0 Å². The van der Waals surface area contributed by atoms with Gasteiger partial charge in [-0.25, -0.2) is 17.9 Å². The summed E-state index contributed by atoms with van der Waals surface area (Å²) in [4.78, 5) is 18.8. The van der Waals surface area contributed by atoms with Crippen LogP contribution in [0.3, 0.4) is 0 Å². The molecular formula is C13H13ClN4O5S. The molecule has 2 amide bonds. The molecule has 1 aromatic heterocycles. The lowest BCUT2D eigenvalue weighted by Gasteiger charge is -2.07. The Morgan fingerprint density at radius 1 is 1.42 bits per heavy atom. The van der Waals surface area contributed by atoms with Gasteiger partial charge >= 0.3 is 6.03 Å². The van der Waals surface area contributed by atoms with Crippen molar-refractivity contribution < 1.29 is 23.2 Å². The summed E-state index contributed by atoms with van der Waals surface area (Å²) >= 11 is 5.80. The van der Waals surface area contributed by atoms with Crippen LogP contribution in [0.15, 0.2) is 40.2 Å². The molecule has 24 heavy (non-hydrogen) atoms. The predicted molar refractivity (Wildman–Crippen MR) is 83.4 cm³/mol. The Morgan fingerprint density at radius 3 is 2.71 bits per heavy atom. The number of halogens is 1. The number of benzene rings is 1. The Morgan fingerprint density at radius 2 is 2.08 bits per heavy atom. The number of ether oxygens (including phenoxy) is 1. The van der Waals surface area contributed by atoms with Gasteiger partial charge in [-0.15, -0.1) is 0 Å². The van der Waals surface area contributed by atoms with Crippen molar-refractivity contribution >= 4 is 27.7 Å². The van der Waals surface area contributed by atoms with Crippen molar-refractivity contribution in [3.63, 3.8) is 0 Å². The molecule has 0 saturated carbocycles. The molecule has 0 radical (unpaired) electrons. The van der Waals surface area contributed by atoms with Crippen molar-refractivity contribution in [3.05, 3.63) is 46.7 Å². The van der Waals surface area contributed by atoms with Crippen LogP contribution in [0.25, 0.3) is 0 Å². The minimum Gasteiger partial charge on any atom is -0.481 e. The summed E-state index contributed by atoms with van der Waals surface area (Å²) in [5.41, 5.74) is -0.166. The molecule has 2 rings (SSSR count). The first-order valence-electron chi connectivity index (χ1n) is 6.44. The van der Waals surface area contributed by atoms with Gasteiger partial charge in [0.1, 0.15) is 4.90 Å². The zero-order valence-electron chi connectivity index (χ0n) is 12.6. The standard InChI is InChI=1S/C13H13ClN4O5S/c1-8-7-11(23-2)15-12(18(8)20)16-13(19)17-24(21,22)10-6-4-3-5-9(10)14/h3-7,20H,1-2H3,(H,17,19). The first-order valence-corrected chi connectivity index (χ1v) is 8.30. The SMILES string of the molecule is COc1cc(C)n(O)c(=NC(=O)NS(=O)(=O)c2ccccc2Cl)n1. The molecule has 0 aliphatic carbocycles. The maximum absolute atomic E-state index is 12.1. The van der Waals surface area contributed by atoms with Gasteiger partial charge in [-0.1, -0.05) is 23.7 Å². The topological polar surface area (TPSA) is 123 Å². The molecule has 9 nitrogen and oxygen atoms in total. The highest BCUT2D eigenvalue weighted by molar-refractivity contribution is 7.90. The number of carbonyl (C=O) groups excluding carboxylic acids is 1. The number of amides is 2. The van der Waals surface area contributed by atoms with Crippen molar-refractivity contribution in [2.45, 2.75) is 11.8 Å². The number of nitrogens with one attached hydrogen (secondary N) is 1. The Labute approximate surface area is 142 Å². The number of aryl methyl sites for hydroxylation is 1. The van der Waals surface area contributed by atoms with Crippen LogP contribution < -0.4 is 15.1 Å². The summed E-state index contributed by atoms with van der Waals surface area (Å²) in [6.07, 6.45) is 0. The van der Waals surface area contributed by atoms with Crippen LogP contribution in [0.2, 0.25) is 5.02 Å². The highest BCUT2D eigenvalue weighted by Gasteiger charge is 2.20. The molecule has 2 aromatic rings. The average molecular weight is 373 g/mol. The molecule has 0 aliphatic heterocycles. The zero-order valence-corrected chi connectivity index (χ0v) is 14.2. The molecule has 0 saturated heterocycles. The van der Waals surface area contributed by atoms with E-state index in [2.05, 4.69) is 9.98 Å². The van der Waals surface area contributed by atoms with E-state index in [1.165, 1.54) is 38.3 Å². The fourth-order valence-corrected chi connectivity index (χ4v) is 3.11. The lowest BCUT2D eigenvalue weighted by atomic mass is 10.4. The van der Waals surface area contributed by atoms with Crippen molar-refractivity contribution in [2.75, 3.05) is 7.11 Å². The Balaban J connectivity index is 2.38. The van der Waals surface area contributed by atoms with Crippen molar-refractivity contribution in [2.24, 2.45) is 4.99 Å². The van der Waals surface area contributed by atoms with E-state index in [0.717, 1.165) is 0 Å². The number of hydrogen-bond acceptors (Lipinski definition) is 6. The highest BCUT2D eigenvalue weighted by Crippen LogP contribution is 2.20. The van der Waals surface area contributed by atoms with E-state index in [4.69, 9.17) is 16.3 Å². The van der Waals surface area contributed by atoms with Gasteiger partial charge in [0.15, 0.2) is 0 Å². The van der Waals surface area contributed by atoms with Crippen LogP contribution >= 0.6 is 11.6 Å². The summed E-state index contributed by atoms with van der Waals surface area (Å²) in [7, 11) is -2.88. The van der Waals surface area contributed by atoms with Crippen molar-refractivity contribution in [1.29, 1.82) is 0 Å². The van der Waals surface area contributed by atoms with Crippen LogP contribution in [-0.4, -0.2) is 36.5 Å². The second kappa shape index (κ2) is 6.89. The van der Waals surface area contributed by atoms with Gasteiger partial charge in [0, 0.05) is 6.07 Å². The van der Waals surface area contributed by atoms with Crippen LogP contribution in [-0.2, 0) is 10.0 Å². The lowest BCUT2D eigenvalue weighted by molar-refractivity contribution is 0.157. The van der Waals surface area contributed by atoms with Crippen molar-refractivity contribution in [3.8, 4) is 5.88 Å². The molecule has 0 aliphatic rings. The third kappa shape index (κ3) is 3.84. The van der Waals surface area contributed by atoms with Gasteiger partial charge < -0.3 is 9.94 Å². The van der Waals surface area contributed by atoms with Gasteiger partial charge in [-0.05, 0) is 19.1 Å². The Bertz CT molecular complexity index is 955. The molecule has 1 aromatic carbocycles. The van der Waals surface area contributed by atoms with E-state index < -0.39 is 21.7 Å². The van der Waals surface area contributed by atoms with Crippen LogP contribution in [0.5, 0.6) is 5.88 Å². The van der Waals surface area contributed by atoms with E-state index in [0.29, 0.717) is 4.73 Å². The van der Waals surface area contributed by atoms with Crippen LogP contribution in [0, 0.1) is 6.92 Å². The van der Waals surface area contributed by atoms with Gasteiger partial charge in [0.25, 0.3) is 15.6 Å². The minimum absolute atomic E-state index is 0.0506. The summed E-state index contributed by atoms with van der Waals surface area (Å²) < 4.78 is 31.4. The normalized spacial score (nSPS) is 12.0. The van der Waals surface area contributed by atoms with E-state index in [1.54, 1.807) is 10.8 Å². The number of nitrogens with zero attached hydrogens (tertiary/aromatic N) is 3. The number of sulfonamides is 1. The molecule has 0 bridgehead atoms. The van der Waals surface area contributed by atoms with Gasteiger partial charge in [0.05, 0.1) is 17.8 Å². The Hall–Kier alpha value is -2.59. The number of hydrogen-bond donors (Lipinski definition) is 2. The first kappa shape index (κ1) is 17.8. The molecule has 128 valence electrons. The summed E-state index contributed by atoms with van der Waals surface area (Å²) in [6.45, 7) is 1.52. The largest absolute Gasteiger partial charge is 0.481 e. The molecule has 0 atom stereocenters. The Kier molecular flexibility index (Phi) is 5.10. The predicted octanol–water partition coefficient (Wildman–Crippen LogP) is 1.09. The fourth-order valence-electron chi connectivity index (χ4n) is 1.70. The summed E-state index contributed by atoms with van der Waals surface area (Å²) in [5.74, 6) is 0.0957. The number of methoxy groups -OCH3 is 1. The average Bonchev–Trinajstić information content (AvgIpc) is 2.51. The molecule has 11 heteroatoms. The van der Waals surface area contributed by atoms with Gasteiger partial charge in [-0.2, -0.15) is 14.7 Å². The van der Waals surface area contributed by atoms with E-state index in [9.17, 15) is 18.4 Å². The zero-order chi connectivity index (χ0) is 17.9. The highest BCUT2D eigenvalue weighted by atomic mass is 35.5. The third-order valence-electron chi connectivity index (χ3n) is 2.82. The summed E-state index contributed by atoms with van der Waals surface area (Å²) in [6, 6.07) is 5.75. The monoisotopic (exact) mass is 372 g/mol. The van der Waals surface area contributed by atoms with E-state index in [-0.39, 0.29) is 21.5 Å². The number of aromatic nitrogens is 2. The van der Waals surface area contributed by atoms with Gasteiger partial charge in [0.2, 0.25) is 5.88 Å². The molecule has 0 fully saturated rings. The second-order valence-corrected chi connectivity index (χ2v) is 6.56. The maximum atomic E-state index is 12.1. The molecule has 1 heterocycles. The van der Waals surface area contributed by atoms with E-state index in [1.807, 2.05) is 0 Å². The maximum Gasteiger partial charge on any atom is 0.358 e. The van der Waals surface area contributed by atoms with Crippen LogP contribution in [0.1, 0.15) is 5.69 Å². The fraction of sp³-hybridized carbons (Fsp3) is 0.154. The van der Waals surface area contributed by atoms with Crippen molar-refractivity contribution in [1.82, 2.24) is 14.4 Å². The minimum atomic E-state index is -4.22. The number of rotatable bonds is 3. The molecule has 2 N–H and O–H groups in total. The molecule has 0 spiro atoms. The quantitative estimate of drug-likeness (QED) is 0.777. The summed E-state index contributed by atoms with van der Waals surface area (Å²) in [5, 5.41) is 9.73. The molecule has 0 unspecified atom stereocenters.